The largest absolute Gasteiger partial charge is 0.313 e. The Balaban J connectivity index is 3.14. The van der Waals surface area contributed by atoms with Gasteiger partial charge in [0.15, 0.2) is 0 Å². The van der Waals surface area contributed by atoms with E-state index in [2.05, 4.69) is 10.0 Å². The molecular formula is C13H22N2O2S. The van der Waals surface area contributed by atoms with Gasteiger partial charge in [-0.25, -0.2) is 13.1 Å². The third-order valence-electron chi connectivity index (χ3n) is 2.72. The van der Waals surface area contributed by atoms with Gasteiger partial charge in [-0.1, -0.05) is 32.9 Å². The van der Waals surface area contributed by atoms with E-state index in [1.807, 2.05) is 26.0 Å². The van der Waals surface area contributed by atoms with E-state index in [9.17, 15) is 8.42 Å². The van der Waals surface area contributed by atoms with Gasteiger partial charge in [0.25, 0.3) is 0 Å². The first-order chi connectivity index (χ1) is 8.55. The third-order valence-corrected chi connectivity index (χ3v) is 4.34. The molecule has 0 fully saturated rings. The average Bonchev–Trinajstić information content (AvgIpc) is 2.36. The molecule has 5 heteroatoms. The van der Waals surface area contributed by atoms with Gasteiger partial charge < -0.3 is 5.32 Å². The first kappa shape index (κ1) is 15.1. The summed E-state index contributed by atoms with van der Waals surface area (Å²) in [6, 6.07) is 5.64. The lowest BCUT2D eigenvalue weighted by Gasteiger charge is -2.12. The van der Waals surface area contributed by atoms with E-state index in [0.29, 0.717) is 24.4 Å². The summed E-state index contributed by atoms with van der Waals surface area (Å²) in [6.07, 6.45) is 0.710. The zero-order valence-corrected chi connectivity index (χ0v) is 12.1. The summed E-state index contributed by atoms with van der Waals surface area (Å²) >= 11 is 0. The van der Waals surface area contributed by atoms with Crippen molar-refractivity contribution in [2.75, 3.05) is 13.1 Å². The van der Waals surface area contributed by atoms with Crippen molar-refractivity contribution in [3.8, 4) is 0 Å². The van der Waals surface area contributed by atoms with Gasteiger partial charge in [0, 0.05) is 13.1 Å². The lowest BCUT2D eigenvalue weighted by atomic mass is 10.1. The maximum atomic E-state index is 12.1. The van der Waals surface area contributed by atoms with Crippen molar-refractivity contribution in [1.82, 2.24) is 10.0 Å². The highest BCUT2D eigenvalue weighted by Gasteiger charge is 2.17. The fourth-order valence-electron chi connectivity index (χ4n) is 1.79. The lowest BCUT2D eigenvalue weighted by molar-refractivity contribution is 0.582. The highest BCUT2D eigenvalue weighted by molar-refractivity contribution is 7.89. The summed E-state index contributed by atoms with van der Waals surface area (Å²) < 4.78 is 26.8. The predicted octanol–water partition coefficient (Wildman–Crippen LogP) is 1.66. The molecule has 4 nitrogen and oxygen atoms in total. The normalized spacial score (nSPS) is 11.7. The van der Waals surface area contributed by atoms with E-state index in [4.69, 9.17) is 0 Å². The predicted molar refractivity (Wildman–Crippen MR) is 74.1 cm³/mol. The molecule has 0 saturated carbocycles. The second-order valence-electron chi connectivity index (χ2n) is 4.08. The molecule has 102 valence electrons. The second-order valence-corrected chi connectivity index (χ2v) is 5.81. The maximum absolute atomic E-state index is 12.1. The second kappa shape index (κ2) is 6.87. The van der Waals surface area contributed by atoms with Crippen molar-refractivity contribution in [3.63, 3.8) is 0 Å². The van der Waals surface area contributed by atoms with Gasteiger partial charge in [-0.15, -0.1) is 0 Å². The Morgan fingerprint density at radius 3 is 2.39 bits per heavy atom. The Kier molecular flexibility index (Phi) is 5.78. The third kappa shape index (κ3) is 3.80. The number of nitrogens with one attached hydrogen (secondary N) is 2. The minimum atomic E-state index is -3.38. The van der Waals surface area contributed by atoms with Gasteiger partial charge in [0.2, 0.25) is 10.0 Å². The quantitative estimate of drug-likeness (QED) is 0.792. The van der Waals surface area contributed by atoms with Crippen LogP contribution in [0.25, 0.3) is 0 Å². The Bertz CT molecular complexity index is 484. The molecule has 1 aromatic carbocycles. The topological polar surface area (TPSA) is 58.2 Å². The molecule has 0 atom stereocenters. The first-order valence-corrected chi connectivity index (χ1v) is 7.85. The number of benzene rings is 1. The molecule has 0 unspecified atom stereocenters. The molecule has 1 aromatic rings. The molecule has 0 aromatic heterocycles. The number of sulfonamides is 1. The Hall–Kier alpha value is -0.910. The van der Waals surface area contributed by atoms with Crippen molar-refractivity contribution < 1.29 is 8.42 Å². The maximum Gasteiger partial charge on any atom is 0.240 e. The zero-order chi connectivity index (χ0) is 13.6. The number of rotatable bonds is 7. The van der Waals surface area contributed by atoms with Crippen molar-refractivity contribution >= 4 is 10.0 Å². The van der Waals surface area contributed by atoms with Crippen molar-refractivity contribution in [3.05, 3.63) is 29.3 Å². The van der Waals surface area contributed by atoms with Crippen LogP contribution in [0, 0.1) is 0 Å². The minimum Gasteiger partial charge on any atom is -0.313 e. The summed E-state index contributed by atoms with van der Waals surface area (Å²) in [4.78, 5) is 0.405. The number of aryl methyl sites for hydroxylation is 1. The van der Waals surface area contributed by atoms with E-state index in [1.54, 1.807) is 13.0 Å². The molecule has 0 aliphatic heterocycles. The van der Waals surface area contributed by atoms with Crippen molar-refractivity contribution in [2.45, 2.75) is 38.6 Å². The fourth-order valence-corrected chi connectivity index (χ4v) is 3.19. The first-order valence-electron chi connectivity index (χ1n) is 6.37. The van der Waals surface area contributed by atoms with Gasteiger partial charge in [-0.2, -0.15) is 0 Å². The van der Waals surface area contributed by atoms with Crippen LogP contribution in [0.15, 0.2) is 23.1 Å². The molecular weight excluding hydrogens is 248 g/mol. The summed E-state index contributed by atoms with van der Waals surface area (Å²) in [7, 11) is -3.38. The van der Waals surface area contributed by atoms with Crippen LogP contribution in [0.5, 0.6) is 0 Å². The Morgan fingerprint density at radius 2 is 1.83 bits per heavy atom. The van der Waals surface area contributed by atoms with Crippen molar-refractivity contribution in [1.29, 1.82) is 0 Å². The summed E-state index contributed by atoms with van der Waals surface area (Å²) in [6.45, 7) is 7.73. The molecule has 0 saturated heterocycles. The van der Waals surface area contributed by atoms with E-state index >= 15 is 0 Å². The van der Waals surface area contributed by atoms with Gasteiger partial charge in [0.1, 0.15) is 0 Å². The molecule has 0 bridgehead atoms. The molecule has 0 heterocycles. The molecule has 0 aliphatic rings. The molecule has 0 amide bonds. The molecule has 2 N–H and O–H groups in total. The van der Waals surface area contributed by atoms with E-state index < -0.39 is 10.0 Å². The van der Waals surface area contributed by atoms with Gasteiger partial charge in [-0.05, 0) is 30.2 Å². The monoisotopic (exact) mass is 270 g/mol. The van der Waals surface area contributed by atoms with Crippen LogP contribution in [0.1, 0.15) is 31.9 Å². The molecule has 18 heavy (non-hydrogen) atoms. The van der Waals surface area contributed by atoms with E-state index in [1.165, 1.54) is 0 Å². The van der Waals surface area contributed by atoms with Crippen LogP contribution in [-0.4, -0.2) is 21.5 Å². The van der Waals surface area contributed by atoms with Crippen LogP contribution in [0.2, 0.25) is 0 Å². The highest BCUT2D eigenvalue weighted by atomic mass is 32.2. The smallest absolute Gasteiger partial charge is 0.240 e. The number of hydrogen-bond acceptors (Lipinski definition) is 3. The summed E-state index contributed by atoms with van der Waals surface area (Å²) in [5, 5.41) is 3.20. The summed E-state index contributed by atoms with van der Waals surface area (Å²) in [5.41, 5.74) is 1.85. The Labute approximate surface area is 110 Å². The van der Waals surface area contributed by atoms with E-state index in [-0.39, 0.29) is 0 Å². The Morgan fingerprint density at radius 1 is 1.11 bits per heavy atom. The lowest BCUT2D eigenvalue weighted by Crippen LogP contribution is -2.24. The fraction of sp³-hybridized carbons (Fsp3) is 0.538. The number of hydrogen-bond donors (Lipinski definition) is 2. The van der Waals surface area contributed by atoms with Crippen LogP contribution in [-0.2, 0) is 23.0 Å². The zero-order valence-electron chi connectivity index (χ0n) is 11.3. The molecule has 0 radical (unpaired) electrons. The van der Waals surface area contributed by atoms with Gasteiger partial charge in [0.05, 0.1) is 4.90 Å². The van der Waals surface area contributed by atoms with Gasteiger partial charge in [-0.3, -0.25) is 0 Å². The molecule has 0 aliphatic carbocycles. The van der Waals surface area contributed by atoms with E-state index in [0.717, 1.165) is 17.7 Å². The highest BCUT2D eigenvalue weighted by Crippen LogP contribution is 2.18. The standard InChI is InChI=1S/C13H22N2O2S/c1-4-12-8-7-11(10-14-5-2)9-13(12)18(16,17)15-6-3/h7-9,14-15H,4-6,10H2,1-3H3. The van der Waals surface area contributed by atoms with Crippen LogP contribution < -0.4 is 10.0 Å². The van der Waals surface area contributed by atoms with Gasteiger partial charge >= 0.3 is 0 Å². The van der Waals surface area contributed by atoms with Crippen LogP contribution in [0.4, 0.5) is 0 Å². The minimum absolute atomic E-state index is 0.405. The SMILES string of the molecule is CCNCc1ccc(CC)c(S(=O)(=O)NCC)c1. The molecule has 1 rings (SSSR count). The average molecular weight is 270 g/mol. The molecule has 0 spiro atoms. The van der Waals surface area contributed by atoms with Crippen LogP contribution in [0.3, 0.4) is 0 Å². The van der Waals surface area contributed by atoms with Crippen LogP contribution >= 0.6 is 0 Å². The van der Waals surface area contributed by atoms with Crippen molar-refractivity contribution in [2.24, 2.45) is 0 Å². The summed E-state index contributed by atoms with van der Waals surface area (Å²) in [5.74, 6) is 0.